The highest BCUT2D eigenvalue weighted by molar-refractivity contribution is 7.89. The smallest absolute Gasteiger partial charge is 0.245 e. The lowest BCUT2D eigenvalue weighted by molar-refractivity contribution is 0.475. The monoisotopic (exact) mass is 256 g/mol. The molecule has 5 nitrogen and oxygen atoms in total. The minimum atomic E-state index is -3.69. The van der Waals surface area contributed by atoms with Gasteiger partial charge in [-0.25, -0.2) is 13.1 Å². The molecule has 94 valence electrons. The van der Waals surface area contributed by atoms with Crippen LogP contribution in [0.15, 0.2) is 28.2 Å². The second-order valence-electron chi connectivity index (χ2n) is 4.55. The molecule has 6 heteroatoms. The van der Waals surface area contributed by atoms with Crippen LogP contribution in [0.1, 0.15) is 26.2 Å². The maximum absolute atomic E-state index is 11.9. The lowest BCUT2D eigenvalue weighted by atomic mass is 10.1. The molecule has 1 heterocycles. The van der Waals surface area contributed by atoms with Crippen molar-refractivity contribution in [1.29, 1.82) is 0 Å². The van der Waals surface area contributed by atoms with Gasteiger partial charge in [0.05, 0.1) is 0 Å². The summed E-state index contributed by atoms with van der Waals surface area (Å²) < 4.78 is 26.3. The lowest BCUT2D eigenvalue weighted by Crippen LogP contribution is -2.32. The molecule has 1 aromatic rings. The number of hydrogen-bond donors (Lipinski definition) is 2. The minimum Gasteiger partial charge on any atom is -0.366 e. The zero-order valence-electron chi connectivity index (χ0n) is 9.69. The first kappa shape index (κ1) is 12.3. The summed E-state index contributed by atoms with van der Waals surface area (Å²) in [5.74, 6) is 0. The number of hydrogen-bond acceptors (Lipinski definition) is 3. The van der Waals surface area contributed by atoms with Gasteiger partial charge < -0.3 is 4.98 Å². The van der Waals surface area contributed by atoms with E-state index in [9.17, 15) is 13.2 Å². The van der Waals surface area contributed by atoms with Gasteiger partial charge in [-0.2, -0.15) is 0 Å². The first-order valence-electron chi connectivity index (χ1n) is 5.66. The molecule has 0 aromatic carbocycles. The van der Waals surface area contributed by atoms with Gasteiger partial charge in [0.2, 0.25) is 15.5 Å². The van der Waals surface area contributed by atoms with E-state index in [2.05, 4.69) is 16.6 Å². The Morgan fingerprint density at radius 3 is 2.71 bits per heavy atom. The number of aromatic amines is 1. The summed E-state index contributed by atoms with van der Waals surface area (Å²) in [6.45, 7) is 2.47. The van der Waals surface area contributed by atoms with Crippen LogP contribution >= 0.6 is 0 Å². The van der Waals surface area contributed by atoms with Crippen LogP contribution in [0.25, 0.3) is 0 Å². The van der Waals surface area contributed by atoms with Crippen molar-refractivity contribution in [1.82, 2.24) is 9.71 Å². The van der Waals surface area contributed by atoms with Crippen LogP contribution in [-0.2, 0) is 10.0 Å². The molecule has 17 heavy (non-hydrogen) atoms. The average Bonchev–Trinajstić information content (AvgIpc) is 3.08. The van der Waals surface area contributed by atoms with Gasteiger partial charge in [-0.1, -0.05) is 6.92 Å². The Kier molecular flexibility index (Phi) is 3.09. The van der Waals surface area contributed by atoms with E-state index in [1.807, 2.05) is 0 Å². The van der Waals surface area contributed by atoms with Gasteiger partial charge in [-0.3, -0.25) is 4.79 Å². The van der Waals surface area contributed by atoms with Gasteiger partial charge in [-0.15, -0.1) is 0 Å². The Morgan fingerprint density at radius 2 is 2.18 bits per heavy atom. The fraction of sp³-hybridized carbons (Fsp3) is 0.545. The van der Waals surface area contributed by atoms with Gasteiger partial charge in [0.15, 0.2) is 0 Å². The molecular formula is C11H16N2O3S. The second-order valence-corrected chi connectivity index (χ2v) is 6.29. The van der Waals surface area contributed by atoms with Crippen molar-refractivity contribution in [3.8, 4) is 0 Å². The number of sulfonamides is 1. The molecule has 0 aliphatic heterocycles. The number of pyridine rings is 1. The van der Waals surface area contributed by atoms with Crippen LogP contribution in [0.3, 0.4) is 0 Å². The Balaban J connectivity index is 2.15. The zero-order valence-corrected chi connectivity index (χ0v) is 10.5. The first-order chi connectivity index (χ1) is 7.99. The summed E-state index contributed by atoms with van der Waals surface area (Å²) in [6, 6.07) is 1.21. The minimum absolute atomic E-state index is 0.120. The van der Waals surface area contributed by atoms with E-state index in [0.29, 0.717) is 6.54 Å². The molecule has 0 amide bonds. The van der Waals surface area contributed by atoms with Crippen molar-refractivity contribution in [2.24, 2.45) is 5.41 Å². The SMILES string of the molecule is CCC1(CNS(=O)(=O)c2c[nH]ccc2=O)CC1. The molecule has 0 spiro atoms. The molecule has 1 saturated carbocycles. The molecular weight excluding hydrogens is 240 g/mol. The highest BCUT2D eigenvalue weighted by atomic mass is 32.2. The normalized spacial score (nSPS) is 17.9. The van der Waals surface area contributed by atoms with E-state index in [0.717, 1.165) is 19.3 Å². The van der Waals surface area contributed by atoms with Crippen LogP contribution in [0.4, 0.5) is 0 Å². The standard InChI is InChI=1S/C11H16N2O3S/c1-2-11(4-5-11)8-13-17(15,16)10-7-12-6-3-9(10)14/h3,6-7,13H,2,4-5,8H2,1H3,(H,12,14). The fourth-order valence-electron chi connectivity index (χ4n) is 1.77. The first-order valence-corrected chi connectivity index (χ1v) is 7.14. The predicted octanol–water partition coefficient (Wildman–Crippen LogP) is 0.843. The molecule has 1 aliphatic rings. The topological polar surface area (TPSA) is 79.0 Å². The number of aromatic nitrogens is 1. The summed E-state index contributed by atoms with van der Waals surface area (Å²) in [6.07, 6.45) is 5.70. The Morgan fingerprint density at radius 1 is 1.47 bits per heavy atom. The third-order valence-corrected chi connectivity index (χ3v) is 4.84. The average molecular weight is 256 g/mol. The van der Waals surface area contributed by atoms with Crippen LogP contribution in [0.5, 0.6) is 0 Å². The van der Waals surface area contributed by atoms with Crippen molar-refractivity contribution in [2.45, 2.75) is 31.1 Å². The van der Waals surface area contributed by atoms with Crippen molar-refractivity contribution in [3.63, 3.8) is 0 Å². The molecule has 2 N–H and O–H groups in total. The molecule has 1 aliphatic carbocycles. The van der Waals surface area contributed by atoms with Gasteiger partial charge in [0.25, 0.3) is 0 Å². The largest absolute Gasteiger partial charge is 0.366 e. The van der Waals surface area contributed by atoms with E-state index < -0.39 is 15.5 Å². The van der Waals surface area contributed by atoms with E-state index in [1.54, 1.807) is 0 Å². The Hall–Kier alpha value is -1.14. The van der Waals surface area contributed by atoms with E-state index in [-0.39, 0.29) is 10.3 Å². The molecule has 1 fully saturated rings. The van der Waals surface area contributed by atoms with Gasteiger partial charge in [0.1, 0.15) is 4.90 Å². The number of rotatable bonds is 5. The quantitative estimate of drug-likeness (QED) is 0.819. The third-order valence-electron chi connectivity index (χ3n) is 3.42. The molecule has 0 unspecified atom stereocenters. The van der Waals surface area contributed by atoms with Crippen LogP contribution in [-0.4, -0.2) is 19.9 Å². The highest BCUT2D eigenvalue weighted by Gasteiger charge is 2.41. The zero-order chi connectivity index (χ0) is 12.5. The summed E-state index contributed by atoms with van der Waals surface area (Å²) in [5.41, 5.74) is -0.369. The third kappa shape index (κ3) is 2.58. The Bertz CT molecular complexity index is 558. The highest BCUT2D eigenvalue weighted by Crippen LogP contribution is 2.47. The van der Waals surface area contributed by atoms with Gasteiger partial charge in [-0.05, 0) is 24.7 Å². The van der Waals surface area contributed by atoms with Crippen molar-refractivity contribution < 1.29 is 8.42 Å². The summed E-state index contributed by atoms with van der Waals surface area (Å²) in [7, 11) is -3.69. The summed E-state index contributed by atoms with van der Waals surface area (Å²) >= 11 is 0. The number of H-pyrrole nitrogens is 1. The molecule has 2 rings (SSSR count). The van der Waals surface area contributed by atoms with Crippen LogP contribution < -0.4 is 10.2 Å². The number of nitrogens with one attached hydrogen (secondary N) is 2. The predicted molar refractivity (Wildman–Crippen MR) is 64.2 cm³/mol. The fourth-order valence-corrected chi connectivity index (χ4v) is 2.98. The molecule has 0 radical (unpaired) electrons. The summed E-state index contributed by atoms with van der Waals surface area (Å²) in [5, 5.41) is 0. The summed E-state index contributed by atoms with van der Waals surface area (Å²) in [4.78, 5) is 13.8. The van der Waals surface area contributed by atoms with Crippen molar-refractivity contribution in [2.75, 3.05) is 6.54 Å². The van der Waals surface area contributed by atoms with Crippen molar-refractivity contribution >= 4 is 10.0 Å². The van der Waals surface area contributed by atoms with E-state index >= 15 is 0 Å². The van der Waals surface area contributed by atoms with E-state index in [4.69, 9.17) is 0 Å². The van der Waals surface area contributed by atoms with Gasteiger partial charge >= 0.3 is 0 Å². The van der Waals surface area contributed by atoms with E-state index in [1.165, 1.54) is 18.5 Å². The maximum atomic E-state index is 11.9. The molecule has 1 aromatic heterocycles. The van der Waals surface area contributed by atoms with Gasteiger partial charge in [0, 0.05) is 25.0 Å². The Labute approximate surface area is 100 Å². The lowest BCUT2D eigenvalue weighted by Gasteiger charge is -2.13. The molecule has 0 saturated heterocycles. The van der Waals surface area contributed by atoms with Crippen LogP contribution in [0, 0.1) is 5.41 Å². The van der Waals surface area contributed by atoms with Crippen LogP contribution in [0.2, 0.25) is 0 Å². The van der Waals surface area contributed by atoms with Crippen molar-refractivity contribution in [3.05, 3.63) is 28.7 Å². The maximum Gasteiger partial charge on any atom is 0.245 e. The molecule has 0 atom stereocenters. The molecule has 0 bridgehead atoms. The second kappa shape index (κ2) is 4.27.